The van der Waals surface area contributed by atoms with Gasteiger partial charge >= 0.3 is 0 Å². The molecule has 156 valence electrons. The molecular formula is C23H25ClN4OS. The van der Waals surface area contributed by atoms with Crippen LogP contribution in [0.15, 0.2) is 60.0 Å². The number of nitrogens with zero attached hydrogens (tertiary/aromatic N) is 3. The smallest absolute Gasteiger partial charge is 0.234 e. The van der Waals surface area contributed by atoms with Crippen molar-refractivity contribution in [2.24, 2.45) is 0 Å². The Morgan fingerprint density at radius 2 is 1.70 bits per heavy atom. The second kappa shape index (κ2) is 10.2. The van der Waals surface area contributed by atoms with Crippen LogP contribution in [0.2, 0.25) is 5.02 Å². The van der Waals surface area contributed by atoms with E-state index in [-0.39, 0.29) is 5.91 Å². The maximum atomic E-state index is 12.3. The average Bonchev–Trinajstić information content (AvgIpc) is 3.24. The van der Waals surface area contributed by atoms with E-state index < -0.39 is 0 Å². The highest BCUT2D eigenvalue weighted by atomic mass is 35.5. The lowest BCUT2D eigenvalue weighted by atomic mass is 10.2. The van der Waals surface area contributed by atoms with Crippen molar-refractivity contribution in [3.63, 3.8) is 0 Å². The molecule has 5 nitrogen and oxygen atoms in total. The Labute approximate surface area is 186 Å². The number of amides is 1. The van der Waals surface area contributed by atoms with Crippen molar-refractivity contribution in [3.05, 3.63) is 75.6 Å². The quantitative estimate of drug-likeness (QED) is 0.605. The van der Waals surface area contributed by atoms with Gasteiger partial charge in [-0.2, -0.15) is 0 Å². The SMILES string of the molecule is O=C(CN1CCN(Cc2nc(-c3ccccc3)cs2)CC1)NCc1ccccc1Cl. The molecule has 0 saturated carbocycles. The Morgan fingerprint density at radius 1 is 1.00 bits per heavy atom. The van der Waals surface area contributed by atoms with Crippen molar-refractivity contribution >= 4 is 28.8 Å². The molecule has 0 radical (unpaired) electrons. The first-order chi connectivity index (χ1) is 14.7. The molecule has 1 N–H and O–H groups in total. The van der Waals surface area contributed by atoms with Gasteiger partial charge in [-0.15, -0.1) is 11.3 Å². The van der Waals surface area contributed by atoms with Gasteiger partial charge in [0.1, 0.15) is 5.01 Å². The monoisotopic (exact) mass is 440 g/mol. The molecule has 1 aliphatic heterocycles. The first-order valence-corrected chi connectivity index (χ1v) is 11.4. The van der Waals surface area contributed by atoms with Gasteiger partial charge in [0, 0.05) is 48.7 Å². The minimum absolute atomic E-state index is 0.0378. The zero-order valence-corrected chi connectivity index (χ0v) is 18.3. The van der Waals surface area contributed by atoms with Crippen molar-refractivity contribution in [1.82, 2.24) is 20.1 Å². The highest BCUT2D eigenvalue weighted by molar-refractivity contribution is 7.09. The molecule has 0 atom stereocenters. The number of hydrogen-bond acceptors (Lipinski definition) is 5. The van der Waals surface area contributed by atoms with E-state index in [1.807, 2.05) is 42.5 Å². The third-order valence-electron chi connectivity index (χ3n) is 5.25. The molecule has 4 rings (SSSR count). The van der Waals surface area contributed by atoms with E-state index in [9.17, 15) is 4.79 Å². The number of piperazine rings is 1. The van der Waals surface area contributed by atoms with Crippen LogP contribution in [0.5, 0.6) is 0 Å². The largest absolute Gasteiger partial charge is 0.351 e. The molecule has 1 fully saturated rings. The van der Waals surface area contributed by atoms with Crippen LogP contribution in [0, 0.1) is 0 Å². The lowest BCUT2D eigenvalue weighted by Gasteiger charge is -2.33. The van der Waals surface area contributed by atoms with Gasteiger partial charge in [0.15, 0.2) is 0 Å². The van der Waals surface area contributed by atoms with Crippen molar-refractivity contribution in [1.29, 1.82) is 0 Å². The van der Waals surface area contributed by atoms with Gasteiger partial charge in [-0.1, -0.05) is 60.1 Å². The Bertz CT molecular complexity index is 970. The van der Waals surface area contributed by atoms with Crippen molar-refractivity contribution in [2.75, 3.05) is 32.7 Å². The number of carbonyl (C=O) groups excluding carboxylic acids is 1. The van der Waals surface area contributed by atoms with E-state index in [0.717, 1.165) is 54.6 Å². The molecule has 1 amide bonds. The summed E-state index contributed by atoms with van der Waals surface area (Å²) in [5, 5.41) is 6.92. The molecule has 0 unspecified atom stereocenters. The lowest BCUT2D eigenvalue weighted by molar-refractivity contribution is -0.122. The Hall–Kier alpha value is -2.25. The van der Waals surface area contributed by atoms with Gasteiger partial charge in [0.2, 0.25) is 5.91 Å². The molecule has 30 heavy (non-hydrogen) atoms. The molecule has 2 heterocycles. The third-order valence-corrected chi connectivity index (χ3v) is 6.45. The summed E-state index contributed by atoms with van der Waals surface area (Å²) < 4.78 is 0. The number of hydrogen-bond donors (Lipinski definition) is 1. The number of rotatable bonds is 7. The van der Waals surface area contributed by atoms with E-state index in [0.29, 0.717) is 18.1 Å². The molecule has 2 aromatic carbocycles. The minimum atomic E-state index is 0.0378. The topological polar surface area (TPSA) is 48.5 Å². The summed E-state index contributed by atoms with van der Waals surface area (Å²) in [6.07, 6.45) is 0. The first kappa shape index (κ1) is 21.0. The highest BCUT2D eigenvalue weighted by Crippen LogP contribution is 2.22. The molecule has 1 aliphatic rings. The zero-order chi connectivity index (χ0) is 20.8. The number of aromatic nitrogens is 1. The van der Waals surface area contributed by atoms with E-state index >= 15 is 0 Å². The number of benzene rings is 2. The van der Waals surface area contributed by atoms with Gasteiger partial charge in [-0.05, 0) is 11.6 Å². The predicted molar refractivity (Wildman–Crippen MR) is 123 cm³/mol. The Balaban J connectivity index is 1.20. The van der Waals surface area contributed by atoms with Crippen LogP contribution in [0.3, 0.4) is 0 Å². The second-order valence-electron chi connectivity index (χ2n) is 7.41. The Kier molecular flexibility index (Phi) is 7.12. The molecule has 3 aromatic rings. The van der Waals surface area contributed by atoms with Crippen molar-refractivity contribution in [3.8, 4) is 11.3 Å². The van der Waals surface area contributed by atoms with E-state index in [2.05, 4.69) is 32.6 Å². The fraction of sp³-hybridized carbons (Fsp3) is 0.304. The highest BCUT2D eigenvalue weighted by Gasteiger charge is 2.20. The average molecular weight is 441 g/mol. The van der Waals surface area contributed by atoms with Gasteiger partial charge in [0.05, 0.1) is 18.8 Å². The summed E-state index contributed by atoms with van der Waals surface area (Å²) in [4.78, 5) is 21.7. The number of thiazole rings is 1. The maximum absolute atomic E-state index is 12.3. The van der Waals surface area contributed by atoms with Crippen LogP contribution < -0.4 is 5.32 Å². The van der Waals surface area contributed by atoms with E-state index in [4.69, 9.17) is 16.6 Å². The normalized spacial score (nSPS) is 15.2. The number of halogens is 1. The molecule has 1 saturated heterocycles. The third kappa shape index (κ3) is 5.67. The number of nitrogens with one attached hydrogen (secondary N) is 1. The summed E-state index contributed by atoms with van der Waals surface area (Å²) in [6.45, 7) is 5.41. The summed E-state index contributed by atoms with van der Waals surface area (Å²) in [6, 6.07) is 17.9. The molecule has 0 spiro atoms. The molecule has 0 bridgehead atoms. The Morgan fingerprint density at radius 3 is 2.47 bits per heavy atom. The van der Waals surface area contributed by atoms with E-state index in [1.165, 1.54) is 0 Å². The van der Waals surface area contributed by atoms with Crippen molar-refractivity contribution < 1.29 is 4.79 Å². The summed E-state index contributed by atoms with van der Waals surface area (Å²) in [5.74, 6) is 0.0378. The lowest BCUT2D eigenvalue weighted by Crippen LogP contribution is -2.49. The molecule has 1 aromatic heterocycles. The number of carbonyl (C=O) groups is 1. The van der Waals surface area contributed by atoms with Crippen LogP contribution in [0.4, 0.5) is 0 Å². The van der Waals surface area contributed by atoms with Crippen LogP contribution in [0.1, 0.15) is 10.6 Å². The molecule has 0 aliphatic carbocycles. The standard InChI is InChI=1S/C23H25ClN4OS/c24-20-9-5-4-8-19(20)14-25-22(29)15-27-10-12-28(13-11-27)16-23-26-21(17-30-23)18-6-2-1-3-7-18/h1-9,17H,10-16H2,(H,25,29). The zero-order valence-electron chi connectivity index (χ0n) is 16.8. The van der Waals surface area contributed by atoms with Crippen LogP contribution in [-0.4, -0.2) is 53.4 Å². The summed E-state index contributed by atoms with van der Waals surface area (Å²) >= 11 is 7.86. The first-order valence-electron chi connectivity index (χ1n) is 10.1. The van der Waals surface area contributed by atoms with Crippen molar-refractivity contribution in [2.45, 2.75) is 13.1 Å². The van der Waals surface area contributed by atoms with Crippen LogP contribution in [0.25, 0.3) is 11.3 Å². The van der Waals surface area contributed by atoms with Gasteiger partial charge in [-0.25, -0.2) is 4.98 Å². The summed E-state index contributed by atoms with van der Waals surface area (Å²) in [7, 11) is 0. The fourth-order valence-electron chi connectivity index (χ4n) is 3.52. The molecular weight excluding hydrogens is 416 g/mol. The van der Waals surface area contributed by atoms with Crippen LogP contribution >= 0.6 is 22.9 Å². The summed E-state index contributed by atoms with van der Waals surface area (Å²) in [5.41, 5.74) is 3.15. The van der Waals surface area contributed by atoms with Gasteiger partial charge in [0.25, 0.3) is 0 Å². The van der Waals surface area contributed by atoms with E-state index in [1.54, 1.807) is 11.3 Å². The predicted octanol–water partition coefficient (Wildman–Crippen LogP) is 3.90. The maximum Gasteiger partial charge on any atom is 0.234 e. The fourth-order valence-corrected chi connectivity index (χ4v) is 4.56. The molecule has 7 heteroatoms. The van der Waals surface area contributed by atoms with Gasteiger partial charge < -0.3 is 5.32 Å². The van der Waals surface area contributed by atoms with Crippen LogP contribution in [-0.2, 0) is 17.9 Å². The second-order valence-corrected chi connectivity index (χ2v) is 8.76. The van der Waals surface area contributed by atoms with Gasteiger partial charge in [-0.3, -0.25) is 14.6 Å². The minimum Gasteiger partial charge on any atom is -0.351 e.